The van der Waals surface area contributed by atoms with Crippen LogP contribution in [-0.4, -0.2) is 12.5 Å². The monoisotopic (exact) mass is 325 g/mol. The van der Waals surface area contributed by atoms with Crippen molar-refractivity contribution >= 4 is 5.91 Å². The lowest BCUT2D eigenvalue weighted by atomic mass is 9.84. The Balaban J connectivity index is 2.16. The third-order valence-electron chi connectivity index (χ3n) is 3.57. The number of hydrogen-bond acceptors (Lipinski definition) is 1. The summed E-state index contributed by atoms with van der Waals surface area (Å²) >= 11 is 0. The number of carbonyl (C=O) groups excluding carboxylic acids is 1. The van der Waals surface area contributed by atoms with Crippen molar-refractivity contribution in [3.63, 3.8) is 0 Å². The number of nitrogens with one attached hydrogen (secondary N) is 1. The molecule has 2 aromatic carbocycles. The fraction of sp³-hybridized carbons (Fsp3) is 0.235. The van der Waals surface area contributed by atoms with Crippen molar-refractivity contribution < 1.29 is 22.4 Å². The zero-order chi connectivity index (χ0) is 17.2. The Morgan fingerprint density at radius 2 is 1.61 bits per heavy atom. The van der Waals surface area contributed by atoms with Crippen LogP contribution in [0.25, 0.3) is 0 Å². The van der Waals surface area contributed by atoms with Crippen LogP contribution < -0.4 is 5.32 Å². The van der Waals surface area contributed by atoms with E-state index in [-0.39, 0.29) is 6.54 Å². The first kappa shape index (κ1) is 17.0. The Hall–Kier alpha value is -2.37. The largest absolute Gasteiger partial charge is 0.351 e. The molecule has 0 saturated carbocycles. The van der Waals surface area contributed by atoms with Crippen molar-refractivity contribution in [2.75, 3.05) is 6.54 Å². The van der Waals surface area contributed by atoms with Crippen LogP contribution in [0.1, 0.15) is 29.8 Å². The summed E-state index contributed by atoms with van der Waals surface area (Å²) < 4.78 is 53.5. The lowest BCUT2D eigenvalue weighted by Gasteiger charge is -2.26. The third kappa shape index (κ3) is 3.52. The highest BCUT2D eigenvalue weighted by Crippen LogP contribution is 2.25. The first-order chi connectivity index (χ1) is 10.7. The summed E-state index contributed by atoms with van der Waals surface area (Å²) in [5.41, 5.74) is -0.991. The molecule has 6 heteroatoms. The van der Waals surface area contributed by atoms with Gasteiger partial charge in [-0.05, 0) is 23.8 Å². The Morgan fingerprint density at radius 1 is 0.957 bits per heavy atom. The van der Waals surface area contributed by atoms with Gasteiger partial charge in [-0.3, -0.25) is 4.79 Å². The van der Waals surface area contributed by atoms with Gasteiger partial charge in [0.1, 0.15) is 5.82 Å². The molecular weight excluding hydrogens is 310 g/mol. The molecule has 2 aromatic rings. The van der Waals surface area contributed by atoms with E-state index in [9.17, 15) is 22.4 Å². The molecule has 0 aliphatic carbocycles. The molecule has 0 aliphatic heterocycles. The second-order valence-electron chi connectivity index (χ2n) is 5.77. The van der Waals surface area contributed by atoms with E-state index in [1.54, 1.807) is 32.0 Å². The van der Waals surface area contributed by atoms with Gasteiger partial charge in [-0.25, -0.2) is 17.6 Å². The topological polar surface area (TPSA) is 29.1 Å². The first-order valence-corrected chi connectivity index (χ1v) is 6.91. The molecule has 0 aromatic heterocycles. The van der Waals surface area contributed by atoms with Crippen molar-refractivity contribution in [1.29, 1.82) is 0 Å². The number of hydrogen-bond donors (Lipinski definition) is 1. The molecule has 1 N–H and O–H groups in total. The van der Waals surface area contributed by atoms with Gasteiger partial charge in [-0.2, -0.15) is 0 Å². The van der Waals surface area contributed by atoms with E-state index in [4.69, 9.17) is 0 Å². The molecule has 0 bridgehead atoms. The van der Waals surface area contributed by atoms with Crippen LogP contribution >= 0.6 is 0 Å². The summed E-state index contributed by atoms with van der Waals surface area (Å²) in [6, 6.07) is 7.63. The molecule has 0 unspecified atom stereocenters. The number of carbonyl (C=O) groups is 1. The summed E-state index contributed by atoms with van der Waals surface area (Å²) in [6.07, 6.45) is 0. The zero-order valence-corrected chi connectivity index (χ0v) is 12.6. The average molecular weight is 325 g/mol. The summed E-state index contributed by atoms with van der Waals surface area (Å²) in [5, 5.41) is 2.42. The number of benzene rings is 2. The molecule has 0 aliphatic rings. The fourth-order valence-corrected chi connectivity index (χ4v) is 2.20. The number of amides is 1. The summed E-state index contributed by atoms with van der Waals surface area (Å²) in [5.74, 6) is -5.94. The maximum Gasteiger partial charge on any atom is 0.254 e. The minimum Gasteiger partial charge on any atom is -0.351 e. The van der Waals surface area contributed by atoms with Gasteiger partial charge in [-0.1, -0.05) is 32.0 Å². The van der Waals surface area contributed by atoms with Crippen LogP contribution in [0.3, 0.4) is 0 Å². The van der Waals surface area contributed by atoms with Gasteiger partial charge in [-0.15, -0.1) is 0 Å². The van der Waals surface area contributed by atoms with E-state index < -0.39 is 40.2 Å². The molecule has 0 heterocycles. The van der Waals surface area contributed by atoms with Gasteiger partial charge >= 0.3 is 0 Å². The molecule has 2 nitrogen and oxygen atoms in total. The quantitative estimate of drug-likeness (QED) is 0.669. The average Bonchev–Trinajstić information content (AvgIpc) is 2.51. The van der Waals surface area contributed by atoms with E-state index in [0.29, 0.717) is 11.6 Å². The highest BCUT2D eigenvalue weighted by Gasteiger charge is 2.26. The number of rotatable bonds is 4. The summed E-state index contributed by atoms with van der Waals surface area (Å²) in [6.45, 7) is 3.39. The Labute approximate surface area is 131 Å². The minimum absolute atomic E-state index is 0.00873. The molecule has 2 rings (SSSR count). The van der Waals surface area contributed by atoms with E-state index in [1.165, 1.54) is 6.07 Å². The molecule has 122 valence electrons. The molecule has 23 heavy (non-hydrogen) atoms. The Kier molecular flexibility index (Phi) is 4.73. The van der Waals surface area contributed by atoms with Crippen molar-refractivity contribution in [3.8, 4) is 0 Å². The molecule has 0 fully saturated rings. The maximum absolute atomic E-state index is 13.8. The molecule has 0 saturated heterocycles. The van der Waals surface area contributed by atoms with Gasteiger partial charge < -0.3 is 5.32 Å². The van der Waals surface area contributed by atoms with Gasteiger partial charge in [0, 0.05) is 12.0 Å². The molecular formula is C17H15F4NO. The second-order valence-corrected chi connectivity index (χ2v) is 5.77. The highest BCUT2D eigenvalue weighted by molar-refractivity contribution is 5.94. The van der Waals surface area contributed by atoms with Crippen molar-refractivity contribution in [1.82, 2.24) is 5.32 Å². The smallest absolute Gasteiger partial charge is 0.254 e. The van der Waals surface area contributed by atoms with Crippen LogP contribution in [0.2, 0.25) is 0 Å². The van der Waals surface area contributed by atoms with E-state index in [1.807, 2.05) is 0 Å². The SMILES string of the molecule is CC(C)(CNC(=O)c1ccc(F)c(F)c1F)c1ccccc1F. The first-order valence-electron chi connectivity index (χ1n) is 6.91. The van der Waals surface area contributed by atoms with Crippen LogP contribution in [0.15, 0.2) is 36.4 Å². The van der Waals surface area contributed by atoms with E-state index >= 15 is 0 Å². The zero-order valence-electron chi connectivity index (χ0n) is 12.6. The Morgan fingerprint density at radius 3 is 2.26 bits per heavy atom. The van der Waals surface area contributed by atoms with Crippen molar-refractivity contribution in [3.05, 3.63) is 70.8 Å². The van der Waals surface area contributed by atoms with Crippen LogP contribution in [0.4, 0.5) is 17.6 Å². The van der Waals surface area contributed by atoms with Crippen molar-refractivity contribution in [2.24, 2.45) is 0 Å². The van der Waals surface area contributed by atoms with Gasteiger partial charge in [0.05, 0.1) is 5.56 Å². The second kappa shape index (κ2) is 6.40. The number of halogens is 4. The summed E-state index contributed by atoms with van der Waals surface area (Å²) in [7, 11) is 0. The predicted octanol–water partition coefficient (Wildman–Crippen LogP) is 3.95. The lowest BCUT2D eigenvalue weighted by Crippen LogP contribution is -2.37. The van der Waals surface area contributed by atoms with Gasteiger partial charge in [0.15, 0.2) is 17.5 Å². The van der Waals surface area contributed by atoms with E-state index in [0.717, 1.165) is 6.07 Å². The summed E-state index contributed by atoms with van der Waals surface area (Å²) in [4.78, 5) is 12.0. The third-order valence-corrected chi connectivity index (χ3v) is 3.57. The lowest BCUT2D eigenvalue weighted by molar-refractivity contribution is 0.0940. The maximum atomic E-state index is 13.8. The van der Waals surface area contributed by atoms with Crippen molar-refractivity contribution in [2.45, 2.75) is 19.3 Å². The van der Waals surface area contributed by atoms with Crippen LogP contribution in [0, 0.1) is 23.3 Å². The van der Waals surface area contributed by atoms with Crippen LogP contribution in [-0.2, 0) is 5.41 Å². The molecule has 0 spiro atoms. The standard InChI is InChI=1S/C17H15F4NO/c1-17(2,11-5-3-4-6-12(11)18)9-22-16(23)10-7-8-13(19)15(21)14(10)20/h3-8H,9H2,1-2H3,(H,22,23). The molecule has 0 radical (unpaired) electrons. The normalized spacial score (nSPS) is 11.4. The van der Waals surface area contributed by atoms with Gasteiger partial charge in [0.2, 0.25) is 0 Å². The minimum atomic E-state index is -1.70. The van der Waals surface area contributed by atoms with Crippen LogP contribution in [0.5, 0.6) is 0 Å². The fourth-order valence-electron chi connectivity index (χ4n) is 2.20. The van der Waals surface area contributed by atoms with Gasteiger partial charge in [0.25, 0.3) is 5.91 Å². The predicted molar refractivity (Wildman–Crippen MR) is 78.1 cm³/mol. The molecule has 0 atom stereocenters. The van der Waals surface area contributed by atoms with E-state index in [2.05, 4.69) is 5.32 Å². The highest BCUT2D eigenvalue weighted by atomic mass is 19.2. The molecule has 1 amide bonds. The Bertz CT molecular complexity index is 743.